The van der Waals surface area contributed by atoms with Crippen LogP contribution in [0, 0.1) is 0 Å². The van der Waals surface area contributed by atoms with Crippen LogP contribution in [0.4, 0.5) is 0 Å². The van der Waals surface area contributed by atoms with E-state index in [4.69, 9.17) is 0 Å². The highest BCUT2D eigenvalue weighted by Gasteiger charge is 2.22. The Balaban J connectivity index is 3.11. The molecule has 1 heterocycles. The molecule has 0 fully saturated rings. The highest BCUT2D eigenvalue weighted by atomic mass is 16.3. The SMILES string of the molecule is CC(C)c1cn(C)c(C(C)(C)O)n1. The van der Waals surface area contributed by atoms with E-state index < -0.39 is 5.60 Å². The van der Waals surface area contributed by atoms with Crippen molar-refractivity contribution in [3.8, 4) is 0 Å². The largest absolute Gasteiger partial charge is 0.383 e. The van der Waals surface area contributed by atoms with Gasteiger partial charge in [-0.25, -0.2) is 4.98 Å². The molecule has 1 aromatic heterocycles. The molecule has 0 bridgehead atoms. The molecule has 3 heteroatoms. The molecule has 0 atom stereocenters. The van der Waals surface area contributed by atoms with Crippen molar-refractivity contribution >= 4 is 0 Å². The highest BCUT2D eigenvalue weighted by molar-refractivity contribution is 5.11. The Kier molecular flexibility index (Phi) is 2.48. The molecule has 0 aliphatic heterocycles. The normalized spacial score (nSPS) is 12.5. The molecule has 1 aromatic rings. The Morgan fingerprint density at radius 2 is 2.00 bits per heavy atom. The molecule has 0 aromatic carbocycles. The van der Waals surface area contributed by atoms with Crippen LogP contribution in [0.3, 0.4) is 0 Å². The van der Waals surface area contributed by atoms with Crippen LogP contribution in [0.5, 0.6) is 0 Å². The zero-order valence-electron chi connectivity index (χ0n) is 9.00. The predicted octanol–water partition coefficient (Wildman–Crippen LogP) is 1.77. The van der Waals surface area contributed by atoms with Crippen molar-refractivity contribution in [1.29, 1.82) is 0 Å². The lowest BCUT2D eigenvalue weighted by molar-refractivity contribution is 0.0657. The van der Waals surface area contributed by atoms with E-state index in [-0.39, 0.29) is 0 Å². The second-order valence-corrected chi connectivity index (χ2v) is 4.31. The predicted molar refractivity (Wildman–Crippen MR) is 52.5 cm³/mol. The maximum absolute atomic E-state index is 9.78. The zero-order chi connectivity index (χ0) is 10.2. The van der Waals surface area contributed by atoms with Gasteiger partial charge >= 0.3 is 0 Å². The van der Waals surface area contributed by atoms with Gasteiger partial charge in [0.05, 0.1) is 5.69 Å². The van der Waals surface area contributed by atoms with Gasteiger partial charge in [-0.1, -0.05) is 13.8 Å². The lowest BCUT2D eigenvalue weighted by Gasteiger charge is -2.16. The summed E-state index contributed by atoms with van der Waals surface area (Å²) in [6.07, 6.45) is 1.97. The van der Waals surface area contributed by atoms with Gasteiger partial charge in [0.1, 0.15) is 11.4 Å². The lowest BCUT2D eigenvalue weighted by Crippen LogP contribution is -2.20. The Hall–Kier alpha value is -0.830. The summed E-state index contributed by atoms with van der Waals surface area (Å²) >= 11 is 0. The number of aryl methyl sites for hydroxylation is 1. The van der Waals surface area contributed by atoms with Crippen molar-refractivity contribution in [2.75, 3.05) is 0 Å². The molecule has 0 amide bonds. The lowest BCUT2D eigenvalue weighted by atomic mass is 10.1. The minimum Gasteiger partial charge on any atom is -0.383 e. The molecule has 0 saturated carbocycles. The minimum absolute atomic E-state index is 0.405. The van der Waals surface area contributed by atoms with Crippen LogP contribution in [0.25, 0.3) is 0 Å². The summed E-state index contributed by atoms with van der Waals surface area (Å²) < 4.78 is 1.88. The molecule has 0 unspecified atom stereocenters. The summed E-state index contributed by atoms with van der Waals surface area (Å²) in [5, 5.41) is 9.78. The average Bonchev–Trinajstić information content (AvgIpc) is 2.29. The van der Waals surface area contributed by atoms with Crippen LogP contribution in [0.2, 0.25) is 0 Å². The van der Waals surface area contributed by atoms with Gasteiger partial charge in [0.25, 0.3) is 0 Å². The summed E-state index contributed by atoms with van der Waals surface area (Å²) in [7, 11) is 1.91. The van der Waals surface area contributed by atoms with Gasteiger partial charge in [-0.2, -0.15) is 0 Å². The van der Waals surface area contributed by atoms with E-state index in [1.807, 2.05) is 17.8 Å². The van der Waals surface area contributed by atoms with Gasteiger partial charge in [-0.3, -0.25) is 0 Å². The third-order valence-corrected chi connectivity index (χ3v) is 2.03. The van der Waals surface area contributed by atoms with E-state index in [2.05, 4.69) is 18.8 Å². The Morgan fingerprint density at radius 1 is 1.46 bits per heavy atom. The maximum atomic E-state index is 9.78. The standard InChI is InChI=1S/C10H18N2O/c1-7(2)8-6-12(5)9(11-8)10(3,4)13/h6-7,13H,1-5H3. The molecule has 0 spiro atoms. The summed E-state index contributed by atoms with van der Waals surface area (Å²) in [6.45, 7) is 7.69. The van der Waals surface area contributed by atoms with Gasteiger partial charge < -0.3 is 9.67 Å². The maximum Gasteiger partial charge on any atom is 0.140 e. The molecule has 3 nitrogen and oxygen atoms in total. The molecular weight excluding hydrogens is 164 g/mol. The van der Waals surface area contributed by atoms with Gasteiger partial charge in [-0.15, -0.1) is 0 Å². The Bertz CT molecular complexity index is 294. The van der Waals surface area contributed by atoms with Crippen LogP contribution in [-0.4, -0.2) is 14.7 Å². The smallest absolute Gasteiger partial charge is 0.140 e. The topological polar surface area (TPSA) is 38.0 Å². The molecule has 1 N–H and O–H groups in total. The van der Waals surface area contributed by atoms with Gasteiger partial charge in [0.2, 0.25) is 0 Å². The van der Waals surface area contributed by atoms with Crippen LogP contribution in [0.15, 0.2) is 6.20 Å². The molecule has 13 heavy (non-hydrogen) atoms. The van der Waals surface area contributed by atoms with Gasteiger partial charge in [-0.05, 0) is 19.8 Å². The monoisotopic (exact) mass is 182 g/mol. The number of imidazole rings is 1. The van der Waals surface area contributed by atoms with Crippen LogP contribution in [-0.2, 0) is 12.6 Å². The van der Waals surface area contributed by atoms with E-state index in [9.17, 15) is 5.11 Å². The van der Waals surface area contributed by atoms with Gasteiger partial charge in [0.15, 0.2) is 0 Å². The van der Waals surface area contributed by atoms with E-state index in [0.29, 0.717) is 5.92 Å². The number of hydrogen-bond donors (Lipinski definition) is 1. The quantitative estimate of drug-likeness (QED) is 0.757. The average molecular weight is 182 g/mol. The Labute approximate surface area is 79.4 Å². The van der Waals surface area contributed by atoms with Crippen molar-refractivity contribution in [2.45, 2.75) is 39.2 Å². The molecule has 0 radical (unpaired) electrons. The molecule has 74 valence electrons. The molecule has 0 saturated heterocycles. The van der Waals surface area contributed by atoms with Crippen molar-refractivity contribution in [2.24, 2.45) is 7.05 Å². The number of rotatable bonds is 2. The molecule has 0 aliphatic carbocycles. The fraction of sp³-hybridized carbons (Fsp3) is 0.700. The van der Waals surface area contributed by atoms with Crippen LogP contribution in [0.1, 0.15) is 45.1 Å². The number of aromatic nitrogens is 2. The van der Waals surface area contributed by atoms with E-state index in [0.717, 1.165) is 11.5 Å². The first-order valence-corrected chi connectivity index (χ1v) is 4.58. The van der Waals surface area contributed by atoms with E-state index >= 15 is 0 Å². The molecule has 1 rings (SSSR count). The van der Waals surface area contributed by atoms with Crippen molar-refractivity contribution in [1.82, 2.24) is 9.55 Å². The first-order valence-electron chi connectivity index (χ1n) is 4.58. The fourth-order valence-electron chi connectivity index (χ4n) is 1.34. The van der Waals surface area contributed by atoms with Gasteiger partial charge in [0, 0.05) is 13.2 Å². The summed E-state index contributed by atoms with van der Waals surface area (Å²) in [5.41, 5.74) is 0.168. The number of aliphatic hydroxyl groups is 1. The summed E-state index contributed by atoms with van der Waals surface area (Å²) in [4.78, 5) is 4.39. The number of hydrogen-bond acceptors (Lipinski definition) is 2. The second kappa shape index (κ2) is 3.14. The van der Waals surface area contributed by atoms with E-state index in [1.54, 1.807) is 13.8 Å². The highest BCUT2D eigenvalue weighted by Crippen LogP contribution is 2.21. The third kappa shape index (κ3) is 2.10. The Morgan fingerprint density at radius 3 is 2.23 bits per heavy atom. The summed E-state index contributed by atoms with van der Waals surface area (Å²) in [6, 6.07) is 0. The molecule has 0 aliphatic rings. The molecular formula is C10H18N2O. The van der Waals surface area contributed by atoms with Crippen LogP contribution >= 0.6 is 0 Å². The first kappa shape index (κ1) is 10.3. The minimum atomic E-state index is -0.859. The van der Waals surface area contributed by atoms with Crippen molar-refractivity contribution < 1.29 is 5.11 Å². The van der Waals surface area contributed by atoms with Crippen molar-refractivity contribution in [3.05, 3.63) is 17.7 Å². The number of nitrogens with zero attached hydrogens (tertiary/aromatic N) is 2. The van der Waals surface area contributed by atoms with E-state index in [1.165, 1.54) is 0 Å². The van der Waals surface area contributed by atoms with Crippen molar-refractivity contribution in [3.63, 3.8) is 0 Å². The summed E-state index contributed by atoms with van der Waals surface area (Å²) in [5.74, 6) is 1.12. The fourth-order valence-corrected chi connectivity index (χ4v) is 1.34. The second-order valence-electron chi connectivity index (χ2n) is 4.31. The third-order valence-electron chi connectivity index (χ3n) is 2.03. The first-order chi connectivity index (χ1) is 5.82. The van der Waals surface area contributed by atoms with Crippen LogP contribution < -0.4 is 0 Å². The zero-order valence-corrected chi connectivity index (χ0v) is 9.00.